The Labute approximate surface area is 65.6 Å². The molecular formula is C8H11NS. The van der Waals surface area contributed by atoms with E-state index in [0.717, 1.165) is 0 Å². The molecule has 1 unspecified atom stereocenters. The standard InChI is InChI=1S/C8H11NS/c1-6-9-7-4-2-3-5-8(7)10-6/h2,4,6,9H,3,5H2,1H3. The van der Waals surface area contributed by atoms with Crippen molar-refractivity contribution in [3.05, 3.63) is 22.8 Å². The molecule has 1 N–H and O–H groups in total. The van der Waals surface area contributed by atoms with Crippen LogP contribution in [0.15, 0.2) is 22.8 Å². The number of nitrogens with one attached hydrogen (secondary N) is 1. The van der Waals surface area contributed by atoms with E-state index in [-0.39, 0.29) is 0 Å². The molecule has 0 aromatic carbocycles. The molecule has 1 aliphatic heterocycles. The van der Waals surface area contributed by atoms with Crippen LogP contribution < -0.4 is 5.32 Å². The first-order valence-corrected chi connectivity index (χ1v) is 4.57. The lowest BCUT2D eigenvalue weighted by atomic mass is 10.1. The molecule has 0 spiro atoms. The van der Waals surface area contributed by atoms with Crippen LogP contribution in [0.4, 0.5) is 0 Å². The van der Waals surface area contributed by atoms with Gasteiger partial charge in [-0.3, -0.25) is 0 Å². The van der Waals surface area contributed by atoms with E-state index < -0.39 is 0 Å². The van der Waals surface area contributed by atoms with Gasteiger partial charge in [0, 0.05) is 10.6 Å². The highest BCUT2D eigenvalue weighted by Crippen LogP contribution is 2.35. The first kappa shape index (κ1) is 6.35. The lowest BCUT2D eigenvalue weighted by Crippen LogP contribution is -2.15. The summed E-state index contributed by atoms with van der Waals surface area (Å²) in [5.74, 6) is 0. The highest BCUT2D eigenvalue weighted by Gasteiger charge is 2.19. The monoisotopic (exact) mass is 153 g/mol. The number of rotatable bonds is 0. The van der Waals surface area contributed by atoms with Crippen LogP contribution in [0.25, 0.3) is 0 Å². The molecular weight excluding hydrogens is 142 g/mol. The normalized spacial score (nSPS) is 30.3. The van der Waals surface area contributed by atoms with E-state index in [2.05, 4.69) is 24.4 Å². The Kier molecular flexibility index (Phi) is 1.49. The third kappa shape index (κ3) is 0.966. The van der Waals surface area contributed by atoms with E-state index in [0.29, 0.717) is 5.37 Å². The number of thioether (sulfide) groups is 1. The van der Waals surface area contributed by atoms with Crippen LogP contribution in [0.1, 0.15) is 19.8 Å². The van der Waals surface area contributed by atoms with E-state index in [1.54, 1.807) is 4.91 Å². The van der Waals surface area contributed by atoms with Gasteiger partial charge in [-0.25, -0.2) is 0 Å². The molecule has 0 bridgehead atoms. The Morgan fingerprint density at radius 3 is 3.40 bits per heavy atom. The van der Waals surface area contributed by atoms with E-state index >= 15 is 0 Å². The maximum Gasteiger partial charge on any atom is 0.0738 e. The molecule has 0 radical (unpaired) electrons. The van der Waals surface area contributed by atoms with Gasteiger partial charge in [-0.1, -0.05) is 6.08 Å². The minimum atomic E-state index is 0.591. The minimum Gasteiger partial charge on any atom is -0.373 e. The predicted octanol–water partition coefficient (Wildman–Crippen LogP) is 2.23. The Balaban J connectivity index is 2.21. The van der Waals surface area contributed by atoms with Crippen molar-refractivity contribution in [2.75, 3.05) is 0 Å². The van der Waals surface area contributed by atoms with Crippen molar-refractivity contribution < 1.29 is 0 Å². The van der Waals surface area contributed by atoms with Gasteiger partial charge in [-0.15, -0.1) is 11.8 Å². The smallest absolute Gasteiger partial charge is 0.0738 e. The molecule has 0 aromatic rings. The van der Waals surface area contributed by atoms with Gasteiger partial charge in [0.2, 0.25) is 0 Å². The maximum absolute atomic E-state index is 3.41. The van der Waals surface area contributed by atoms with Crippen LogP contribution >= 0.6 is 11.8 Å². The first-order valence-electron chi connectivity index (χ1n) is 3.69. The first-order chi connectivity index (χ1) is 4.86. The third-order valence-corrected chi connectivity index (χ3v) is 2.98. The quantitative estimate of drug-likeness (QED) is 0.572. The molecule has 1 nitrogen and oxygen atoms in total. The molecule has 0 saturated heterocycles. The summed E-state index contributed by atoms with van der Waals surface area (Å²) in [6.45, 7) is 2.21. The highest BCUT2D eigenvalue weighted by atomic mass is 32.2. The lowest BCUT2D eigenvalue weighted by molar-refractivity contribution is 0.827. The Morgan fingerprint density at radius 2 is 2.60 bits per heavy atom. The summed E-state index contributed by atoms with van der Waals surface area (Å²) >= 11 is 1.97. The van der Waals surface area contributed by atoms with Gasteiger partial charge in [0.25, 0.3) is 0 Å². The number of allylic oxidation sites excluding steroid dienone is 3. The van der Waals surface area contributed by atoms with Gasteiger partial charge < -0.3 is 5.32 Å². The zero-order valence-corrected chi connectivity index (χ0v) is 6.87. The van der Waals surface area contributed by atoms with Crippen LogP contribution in [0.3, 0.4) is 0 Å². The van der Waals surface area contributed by atoms with E-state index in [1.807, 2.05) is 11.8 Å². The van der Waals surface area contributed by atoms with Crippen LogP contribution in [0.5, 0.6) is 0 Å². The summed E-state index contributed by atoms with van der Waals surface area (Å²) in [5, 5.41) is 4.00. The van der Waals surface area contributed by atoms with E-state index in [1.165, 1.54) is 18.5 Å². The van der Waals surface area contributed by atoms with Gasteiger partial charge in [0.05, 0.1) is 5.37 Å². The Morgan fingerprint density at radius 1 is 1.70 bits per heavy atom. The average molecular weight is 153 g/mol. The second-order valence-corrected chi connectivity index (χ2v) is 4.12. The molecule has 2 rings (SSSR count). The van der Waals surface area contributed by atoms with Crippen molar-refractivity contribution in [3.63, 3.8) is 0 Å². The van der Waals surface area contributed by atoms with Gasteiger partial charge in [0.15, 0.2) is 0 Å². The zero-order chi connectivity index (χ0) is 6.97. The fraction of sp³-hybridized carbons (Fsp3) is 0.500. The molecule has 1 atom stereocenters. The van der Waals surface area contributed by atoms with Gasteiger partial charge in [0.1, 0.15) is 0 Å². The summed E-state index contributed by atoms with van der Waals surface area (Å²) in [6.07, 6.45) is 6.91. The van der Waals surface area contributed by atoms with E-state index in [9.17, 15) is 0 Å². The molecule has 2 heteroatoms. The predicted molar refractivity (Wildman–Crippen MR) is 45.6 cm³/mol. The van der Waals surface area contributed by atoms with Crippen LogP contribution in [0, 0.1) is 0 Å². The zero-order valence-electron chi connectivity index (χ0n) is 6.05. The molecule has 0 amide bonds. The fourth-order valence-corrected chi connectivity index (χ4v) is 2.46. The molecule has 54 valence electrons. The van der Waals surface area contributed by atoms with Gasteiger partial charge in [-0.05, 0) is 25.8 Å². The summed E-state index contributed by atoms with van der Waals surface area (Å²) in [6, 6.07) is 0. The average Bonchev–Trinajstić information content (AvgIpc) is 2.27. The van der Waals surface area contributed by atoms with Crippen molar-refractivity contribution in [1.29, 1.82) is 0 Å². The topological polar surface area (TPSA) is 12.0 Å². The van der Waals surface area contributed by atoms with Crippen molar-refractivity contribution in [2.45, 2.75) is 25.1 Å². The minimum absolute atomic E-state index is 0.591. The summed E-state index contributed by atoms with van der Waals surface area (Å²) in [5.41, 5.74) is 1.36. The van der Waals surface area contributed by atoms with Crippen molar-refractivity contribution in [1.82, 2.24) is 5.32 Å². The molecule has 1 heterocycles. The molecule has 10 heavy (non-hydrogen) atoms. The SMILES string of the molecule is CC1NC2=C(CCC=C2)S1. The highest BCUT2D eigenvalue weighted by molar-refractivity contribution is 8.03. The lowest BCUT2D eigenvalue weighted by Gasteiger charge is -2.04. The Bertz CT molecular complexity index is 205. The molecule has 0 aromatic heterocycles. The molecule has 0 saturated carbocycles. The van der Waals surface area contributed by atoms with Crippen molar-refractivity contribution >= 4 is 11.8 Å². The number of hydrogen-bond acceptors (Lipinski definition) is 2. The van der Waals surface area contributed by atoms with Crippen LogP contribution in [-0.2, 0) is 0 Å². The van der Waals surface area contributed by atoms with E-state index in [4.69, 9.17) is 0 Å². The second-order valence-electron chi connectivity index (χ2n) is 2.68. The maximum atomic E-state index is 3.41. The van der Waals surface area contributed by atoms with Crippen molar-refractivity contribution in [2.24, 2.45) is 0 Å². The molecule has 2 aliphatic rings. The van der Waals surface area contributed by atoms with Gasteiger partial charge in [-0.2, -0.15) is 0 Å². The second kappa shape index (κ2) is 2.35. The van der Waals surface area contributed by atoms with Gasteiger partial charge >= 0.3 is 0 Å². The Hall–Kier alpha value is -0.370. The summed E-state index contributed by atoms with van der Waals surface area (Å²) in [4.78, 5) is 1.55. The van der Waals surface area contributed by atoms with Crippen LogP contribution in [-0.4, -0.2) is 5.37 Å². The largest absolute Gasteiger partial charge is 0.373 e. The van der Waals surface area contributed by atoms with Crippen molar-refractivity contribution in [3.8, 4) is 0 Å². The third-order valence-electron chi connectivity index (χ3n) is 1.80. The van der Waals surface area contributed by atoms with Crippen LogP contribution in [0.2, 0.25) is 0 Å². The fourth-order valence-electron chi connectivity index (χ4n) is 1.36. The molecule has 0 fully saturated rings. The summed E-state index contributed by atoms with van der Waals surface area (Å²) in [7, 11) is 0. The number of hydrogen-bond donors (Lipinski definition) is 1. The molecule has 1 aliphatic carbocycles. The summed E-state index contributed by atoms with van der Waals surface area (Å²) < 4.78 is 0.